The number of methoxy groups -OCH3 is 3. The summed E-state index contributed by atoms with van der Waals surface area (Å²) in [6, 6.07) is 12.7. The van der Waals surface area contributed by atoms with Crippen molar-refractivity contribution in [3.63, 3.8) is 0 Å². The van der Waals surface area contributed by atoms with Gasteiger partial charge in [-0.25, -0.2) is 0 Å². The highest BCUT2D eigenvalue weighted by atomic mass is 16.5. The smallest absolute Gasteiger partial charge is 0.253 e. The molecule has 7 heteroatoms. The highest BCUT2D eigenvalue weighted by Gasteiger charge is 2.24. The monoisotopic (exact) mass is 426 g/mol. The van der Waals surface area contributed by atoms with Crippen molar-refractivity contribution in [2.45, 2.75) is 19.3 Å². The number of hydrogen-bond donors (Lipinski definition) is 1. The Labute approximate surface area is 183 Å². The van der Waals surface area contributed by atoms with Crippen LogP contribution in [-0.4, -0.2) is 57.7 Å². The van der Waals surface area contributed by atoms with Crippen LogP contribution in [0.1, 0.15) is 28.8 Å². The highest BCUT2D eigenvalue weighted by molar-refractivity contribution is 5.95. The quantitative estimate of drug-likeness (QED) is 0.702. The zero-order valence-corrected chi connectivity index (χ0v) is 18.3. The summed E-state index contributed by atoms with van der Waals surface area (Å²) in [7, 11) is 4.74. The summed E-state index contributed by atoms with van der Waals surface area (Å²) >= 11 is 0. The van der Waals surface area contributed by atoms with Gasteiger partial charge in [0.1, 0.15) is 5.75 Å². The number of likely N-dealkylation sites (tertiary alicyclic amines) is 1. The van der Waals surface area contributed by atoms with Gasteiger partial charge in [0.05, 0.1) is 27.8 Å². The molecular formula is C24H30N2O5. The number of nitrogens with one attached hydrogen (secondary N) is 1. The van der Waals surface area contributed by atoms with Crippen LogP contribution in [0.25, 0.3) is 0 Å². The van der Waals surface area contributed by atoms with Crippen LogP contribution in [0.5, 0.6) is 17.2 Å². The molecule has 3 rings (SSSR count). The summed E-state index contributed by atoms with van der Waals surface area (Å²) < 4.78 is 15.7. The number of benzene rings is 2. The molecule has 31 heavy (non-hydrogen) atoms. The maximum Gasteiger partial charge on any atom is 0.253 e. The number of amides is 2. The zero-order chi connectivity index (χ0) is 22.2. The minimum atomic E-state index is -0.0112. The summed E-state index contributed by atoms with van der Waals surface area (Å²) in [5.41, 5.74) is 1.54. The number of carbonyl (C=O) groups is 2. The number of piperidine rings is 1. The van der Waals surface area contributed by atoms with Crippen molar-refractivity contribution in [2.75, 3.05) is 41.0 Å². The summed E-state index contributed by atoms with van der Waals surface area (Å²) in [6.07, 6.45) is 2.07. The molecule has 0 atom stereocenters. The normalized spacial score (nSPS) is 14.1. The molecule has 0 spiro atoms. The predicted octanol–water partition coefficient (Wildman–Crippen LogP) is 2.92. The summed E-state index contributed by atoms with van der Waals surface area (Å²) in [5, 5.41) is 3.03. The van der Waals surface area contributed by atoms with Crippen molar-refractivity contribution in [3.8, 4) is 17.2 Å². The zero-order valence-electron chi connectivity index (χ0n) is 18.3. The molecule has 2 aromatic rings. The fourth-order valence-electron chi connectivity index (χ4n) is 3.74. The maximum absolute atomic E-state index is 12.8. The molecule has 2 amide bonds. The summed E-state index contributed by atoms with van der Waals surface area (Å²) in [4.78, 5) is 26.9. The van der Waals surface area contributed by atoms with Crippen molar-refractivity contribution in [1.29, 1.82) is 0 Å². The lowest BCUT2D eigenvalue weighted by Gasteiger charge is -2.32. The van der Waals surface area contributed by atoms with E-state index in [2.05, 4.69) is 5.32 Å². The fourth-order valence-corrected chi connectivity index (χ4v) is 3.74. The van der Waals surface area contributed by atoms with E-state index >= 15 is 0 Å². The molecule has 7 nitrogen and oxygen atoms in total. The van der Waals surface area contributed by atoms with E-state index in [1.54, 1.807) is 39.5 Å². The Morgan fingerprint density at radius 3 is 2.23 bits per heavy atom. The Morgan fingerprint density at radius 1 is 0.935 bits per heavy atom. The van der Waals surface area contributed by atoms with Gasteiger partial charge >= 0.3 is 0 Å². The first-order valence-electron chi connectivity index (χ1n) is 10.4. The maximum atomic E-state index is 12.8. The molecule has 1 saturated heterocycles. The molecule has 1 N–H and O–H groups in total. The molecule has 1 fully saturated rings. The topological polar surface area (TPSA) is 77.1 Å². The van der Waals surface area contributed by atoms with E-state index in [4.69, 9.17) is 14.2 Å². The van der Waals surface area contributed by atoms with Gasteiger partial charge in [0, 0.05) is 25.2 Å². The van der Waals surface area contributed by atoms with Crippen LogP contribution >= 0.6 is 0 Å². The van der Waals surface area contributed by atoms with E-state index in [1.807, 2.05) is 29.2 Å². The third-order valence-corrected chi connectivity index (χ3v) is 5.64. The molecule has 0 aliphatic carbocycles. The van der Waals surface area contributed by atoms with Gasteiger partial charge in [-0.3, -0.25) is 9.59 Å². The summed E-state index contributed by atoms with van der Waals surface area (Å²) in [5.74, 6) is 2.29. The van der Waals surface area contributed by atoms with Crippen LogP contribution in [0.2, 0.25) is 0 Å². The number of carbonyl (C=O) groups excluding carboxylic acids is 2. The number of hydrogen-bond acceptors (Lipinski definition) is 5. The minimum Gasteiger partial charge on any atom is -0.497 e. The van der Waals surface area contributed by atoms with Crippen LogP contribution in [0.15, 0.2) is 42.5 Å². The second kappa shape index (κ2) is 10.7. The van der Waals surface area contributed by atoms with E-state index in [-0.39, 0.29) is 11.8 Å². The largest absolute Gasteiger partial charge is 0.497 e. The van der Waals surface area contributed by atoms with Crippen LogP contribution in [0.3, 0.4) is 0 Å². The molecule has 0 saturated carbocycles. The fraction of sp³-hybridized carbons (Fsp3) is 0.417. The van der Waals surface area contributed by atoms with Gasteiger partial charge in [-0.2, -0.15) is 0 Å². The average Bonchev–Trinajstić information content (AvgIpc) is 2.82. The van der Waals surface area contributed by atoms with Gasteiger partial charge in [0.15, 0.2) is 11.5 Å². The number of ether oxygens (including phenoxy) is 3. The average molecular weight is 427 g/mol. The van der Waals surface area contributed by atoms with Gasteiger partial charge in [0.2, 0.25) is 5.91 Å². The summed E-state index contributed by atoms with van der Waals surface area (Å²) in [6.45, 7) is 1.98. The molecule has 1 aliphatic rings. The van der Waals surface area contributed by atoms with Crippen molar-refractivity contribution < 1.29 is 23.8 Å². The number of nitrogens with zero attached hydrogens (tertiary/aromatic N) is 1. The molecular weight excluding hydrogens is 396 g/mol. The van der Waals surface area contributed by atoms with Crippen molar-refractivity contribution in [1.82, 2.24) is 10.2 Å². The lowest BCUT2D eigenvalue weighted by Crippen LogP contribution is -2.41. The molecule has 0 aromatic heterocycles. The molecule has 1 aliphatic heterocycles. The second-order valence-electron chi connectivity index (χ2n) is 7.63. The third kappa shape index (κ3) is 5.90. The van der Waals surface area contributed by atoms with Crippen molar-refractivity contribution >= 4 is 11.8 Å². The molecule has 1 heterocycles. The standard InChI is InChI=1S/C24H30N2O5/c1-29-20-7-4-17(5-8-20)14-23(27)25-16-18-10-12-26(13-11-18)24(28)19-6-9-21(30-2)22(15-19)31-3/h4-9,15,18H,10-14,16H2,1-3H3,(H,25,27). The van der Waals surface area contributed by atoms with Crippen LogP contribution in [-0.2, 0) is 11.2 Å². The van der Waals surface area contributed by atoms with E-state index in [0.717, 1.165) is 24.2 Å². The van der Waals surface area contributed by atoms with Crippen molar-refractivity contribution in [3.05, 3.63) is 53.6 Å². The van der Waals surface area contributed by atoms with E-state index in [9.17, 15) is 9.59 Å². The minimum absolute atomic E-state index is 0.00833. The van der Waals surface area contributed by atoms with Gasteiger partial charge in [-0.15, -0.1) is 0 Å². The van der Waals surface area contributed by atoms with E-state index in [0.29, 0.717) is 49.0 Å². The Balaban J connectivity index is 1.44. The first kappa shape index (κ1) is 22.5. The van der Waals surface area contributed by atoms with E-state index in [1.165, 1.54) is 0 Å². The SMILES string of the molecule is COc1ccc(CC(=O)NCC2CCN(C(=O)c3ccc(OC)c(OC)c3)CC2)cc1. The Kier molecular flexibility index (Phi) is 7.76. The Hall–Kier alpha value is -3.22. The van der Waals surface area contributed by atoms with Gasteiger partial charge in [0.25, 0.3) is 5.91 Å². The molecule has 0 radical (unpaired) electrons. The predicted molar refractivity (Wildman–Crippen MR) is 118 cm³/mol. The number of rotatable bonds is 8. The highest BCUT2D eigenvalue weighted by Crippen LogP contribution is 2.28. The van der Waals surface area contributed by atoms with Crippen molar-refractivity contribution in [2.24, 2.45) is 5.92 Å². The first-order chi connectivity index (χ1) is 15.0. The Bertz CT molecular complexity index is 889. The van der Waals surface area contributed by atoms with Crippen LogP contribution < -0.4 is 19.5 Å². The molecule has 2 aromatic carbocycles. The van der Waals surface area contributed by atoms with Crippen LogP contribution in [0, 0.1) is 5.92 Å². The Morgan fingerprint density at radius 2 is 1.61 bits per heavy atom. The van der Waals surface area contributed by atoms with Gasteiger partial charge in [-0.1, -0.05) is 12.1 Å². The third-order valence-electron chi connectivity index (χ3n) is 5.64. The van der Waals surface area contributed by atoms with Crippen LogP contribution in [0.4, 0.5) is 0 Å². The molecule has 0 bridgehead atoms. The first-order valence-corrected chi connectivity index (χ1v) is 10.4. The lowest BCUT2D eigenvalue weighted by atomic mass is 9.96. The molecule has 166 valence electrons. The molecule has 0 unspecified atom stereocenters. The van der Waals surface area contributed by atoms with Gasteiger partial charge < -0.3 is 24.4 Å². The van der Waals surface area contributed by atoms with Gasteiger partial charge in [-0.05, 0) is 54.7 Å². The second-order valence-corrected chi connectivity index (χ2v) is 7.63. The van der Waals surface area contributed by atoms with E-state index < -0.39 is 0 Å². The lowest BCUT2D eigenvalue weighted by molar-refractivity contribution is -0.120.